The van der Waals surface area contributed by atoms with Crippen LogP contribution in [0.2, 0.25) is 0 Å². The Kier molecular flexibility index (Phi) is 4.81. The van der Waals surface area contributed by atoms with E-state index in [9.17, 15) is 9.50 Å². The van der Waals surface area contributed by atoms with Crippen LogP contribution in [0.3, 0.4) is 0 Å². The zero-order valence-electron chi connectivity index (χ0n) is 13.0. The lowest BCUT2D eigenvalue weighted by molar-refractivity contribution is -0.416. The average molecular weight is 349 g/mol. The van der Waals surface area contributed by atoms with Gasteiger partial charge in [-0.3, -0.25) is 5.32 Å². The van der Waals surface area contributed by atoms with Gasteiger partial charge in [0.25, 0.3) is 10.8 Å². The molecule has 24 heavy (non-hydrogen) atoms. The first-order valence-corrected chi connectivity index (χ1v) is 8.37. The minimum atomic E-state index is -0.248. The Bertz CT molecular complexity index is 855. The normalized spacial score (nSPS) is 12.5. The second-order valence-electron chi connectivity index (χ2n) is 5.35. The van der Waals surface area contributed by atoms with Crippen LogP contribution in [0.1, 0.15) is 12.5 Å². The van der Waals surface area contributed by atoms with E-state index in [0.717, 1.165) is 0 Å². The van der Waals surface area contributed by atoms with Gasteiger partial charge in [0.05, 0.1) is 12.6 Å². The molecular weight excluding hydrogens is 331 g/mol. The number of benzene rings is 1. The highest BCUT2D eigenvalue weighted by Crippen LogP contribution is 2.23. The number of H-pyrrole nitrogens is 2. The van der Waals surface area contributed by atoms with E-state index in [4.69, 9.17) is 5.73 Å². The minimum absolute atomic E-state index is 0.0288. The van der Waals surface area contributed by atoms with Crippen LogP contribution < -0.4 is 16.0 Å². The number of aliphatic hydroxyl groups excluding tert-OH is 1. The smallest absolute Gasteiger partial charge is 0.299 e. The standard InChI is InChI=1S/C15H17FN6OS/c1-8(6-23)18-12-11-13(20-14(17)19-11)22-15(21-12)24-7-9-4-2-3-5-10(9)16/h2-5,8,23H,6-7H2,1H3,(H4,17,18,19,20,21,22)/p+1/t8-/m1/s1. The summed E-state index contributed by atoms with van der Waals surface area (Å²) in [5.41, 5.74) is 7.38. The fraction of sp³-hybridized carbons (Fsp3) is 0.267. The van der Waals surface area contributed by atoms with Gasteiger partial charge in [-0.05, 0) is 30.3 Å². The van der Waals surface area contributed by atoms with E-state index in [0.29, 0.717) is 33.5 Å². The molecule has 2 aromatic heterocycles. The van der Waals surface area contributed by atoms with Gasteiger partial charge in [-0.25, -0.2) is 9.37 Å². The maximum atomic E-state index is 13.7. The van der Waals surface area contributed by atoms with Crippen LogP contribution in [-0.4, -0.2) is 32.7 Å². The zero-order valence-corrected chi connectivity index (χ0v) is 13.8. The fourth-order valence-electron chi connectivity index (χ4n) is 2.16. The highest BCUT2D eigenvalue weighted by Gasteiger charge is 2.19. The topological polar surface area (TPSA) is 114 Å². The Hall–Kier alpha value is -2.39. The molecule has 0 aliphatic carbocycles. The lowest BCUT2D eigenvalue weighted by Gasteiger charge is -2.08. The molecule has 0 aliphatic heterocycles. The van der Waals surface area contributed by atoms with E-state index < -0.39 is 0 Å². The van der Waals surface area contributed by atoms with Gasteiger partial charge in [0.15, 0.2) is 5.52 Å². The van der Waals surface area contributed by atoms with Gasteiger partial charge in [0.2, 0.25) is 11.8 Å². The Morgan fingerprint density at radius 2 is 2.21 bits per heavy atom. The van der Waals surface area contributed by atoms with Crippen LogP contribution in [-0.2, 0) is 5.75 Å². The van der Waals surface area contributed by atoms with Gasteiger partial charge in [-0.1, -0.05) is 23.2 Å². The maximum Gasteiger partial charge on any atom is 0.299 e. The molecule has 1 aromatic carbocycles. The summed E-state index contributed by atoms with van der Waals surface area (Å²) in [6.45, 7) is 1.81. The molecule has 9 heteroatoms. The highest BCUT2D eigenvalue weighted by molar-refractivity contribution is 7.98. The third-order valence-corrected chi connectivity index (χ3v) is 4.30. The number of nitrogens with two attached hydrogens (primary N) is 1. The number of aromatic nitrogens is 4. The van der Waals surface area contributed by atoms with Crippen molar-refractivity contribution in [3.05, 3.63) is 35.6 Å². The summed E-state index contributed by atoms with van der Waals surface area (Å²) < 4.78 is 13.7. The number of aromatic amines is 2. The summed E-state index contributed by atoms with van der Waals surface area (Å²) in [5, 5.41) is 12.9. The third kappa shape index (κ3) is 3.57. The van der Waals surface area contributed by atoms with Gasteiger partial charge in [-0.2, -0.15) is 4.98 Å². The van der Waals surface area contributed by atoms with Crippen molar-refractivity contribution in [2.45, 2.75) is 23.9 Å². The highest BCUT2D eigenvalue weighted by atomic mass is 32.2. The first-order valence-electron chi connectivity index (χ1n) is 7.39. The van der Waals surface area contributed by atoms with Crippen LogP contribution in [0, 0.1) is 5.82 Å². The number of aliphatic hydroxyl groups is 1. The molecule has 0 aliphatic rings. The zero-order chi connectivity index (χ0) is 17.1. The monoisotopic (exact) mass is 349 g/mol. The van der Waals surface area contributed by atoms with Crippen molar-refractivity contribution in [3.63, 3.8) is 0 Å². The fourth-order valence-corrected chi connectivity index (χ4v) is 3.01. The van der Waals surface area contributed by atoms with Crippen molar-refractivity contribution in [2.24, 2.45) is 0 Å². The quantitative estimate of drug-likeness (QED) is 0.397. The van der Waals surface area contributed by atoms with Crippen LogP contribution in [0.25, 0.3) is 11.2 Å². The summed E-state index contributed by atoms with van der Waals surface area (Å²) >= 11 is 1.36. The number of hydrogen-bond acceptors (Lipinski definition) is 6. The molecule has 6 N–H and O–H groups in total. The lowest BCUT2D eigenvalue weighted by Crippen LogP contribution is -2.26. The molecule has 0 bridgehead atoms. The number of imidazole rings is 1. The molecular formula is C15H18FN6OS+. The molecule has 3 aromatic rings. The Morgan fingerprint density at radius 1 is 1.42 bits per heavy atom. The van der Waals surface area contributed by atoms with E-state index in [1.54, 1.807) is 18.2 Å². The molecule has 0 amide bonds. The number of anilines is 2. The van der Waals surface area contributed by atoms with Crippen molar-refractivity contribution in [1.82, 2.24) is 15.0 Å². The van der Waals surface area contributed by atoms with Gasteiger partial charge in [0.1, 0.15) is 5.82 Å². The largest absolute Gasteiger partial charge is 0.393 e. The van der Waals surface area contributed by atoms with E-state index in [2.05, 4.69) is 25.3 Å². The van der Waals surface area contributed by atoms with Crippen LogP contribution in [0.4, 0.5) is 16.2 Å². The molecule has 2 heterocycles. The molecule has 0 unspecified atom stereocenters. The second-order valence-corrected chi connectivity index (χ2v) is 6.31. The molecule has 1 atom stereocenters. The molecule has 0 radical (unpaired) electrons. The number of thioether (sulfide) groups is 1. The van der Waals surface area contributed by atoms with Crippen LogP contribution >= 0.6 is 11.8 Å². The third-order valence-electron chi connectivity index (χ3n) is 3.38. The second kappa shape index (κ2) is 7.02. The summed E-state index contributed by atoms with van der Waals surface area (Å²) in [6, 6.07) is 6.45. The predicted octanol–water partition coefficient (Wildman–Crippen LogP) is 1.58. The van der Waals surface area contributed by atoms with Crippen LogP contribution in [0.5, 0.6) is 0 Å². The van der Waals surface area contributed by atoms with Gasteiger partial charge < -0.3 is 15.8 Å². The van der Waals surface area contributed by atoms with Crippen molar-refractivity contribution in [3.8, 4) is 0 Å². The van der Waals surface area contributed by atoms with Gasteiger partial charge in [0, 0.05) is 5.75 Å². The lowest BCUT2D eigenvalue weighted by atomic mass is 10.2. The Labute approximate surface area is 141 Å². The van der Waals surface area contributed by atoms with Gasteiger partial charge in [-0.15, -0.1) is 0 Å². The number of nitrogens with zero attached hydrogens (tertiary/aromatic N) is 2. The molecule has 0 saturated heterocycles. The SMILES string of the molecule is C[C@H](CO)Nc1[nH+]c(SCc2ccccc2F)nc2nc(N)[nH]c12. The molecule has 0 saturated carbocycles. The Morgan fingerprint density at radius 3 is 2.96 bits per heavy atom. The van der Waals surface area contributed by atoms with Crippen LogP contribution in [0.15, 0.2) is 29.4 Å². The number of nitrogens with one attached hydrogen (secondary N) is 3. The van der Waals surface area contributed by atoms with E-state index in [-0.39, 0.29) is 24.4 Å². The molecule has 0 spiro atoms. The predicted molar refractivity (Wildman–Crippen MR) is 91.0 cm³/mol. The number of fused-ring (bicyclic) bond motifs is 1. The maximum absolute atomic E-state index is 13.7. The van der Waals surface area contributed by atoms with E-state index in [1.165, 1.54) is 17.8 Å². The first-order chi connectivity index (χ1) is 11.6. The number of halogens is 1. The van der Waals surface area contributed by atoms with Crippen molar-refractivity contribution >= 4 is 34.7 Å². The number of hydrogen-bond donors (Lipinski definition) is 4. The minimum Gasteiger partial charge on any atom is -0.393 e. The summed E-state index contributed by atoms with van der Waals surface area (Å²) in [7, 11) is 0. The average Bonchev–Trinajstić information content (AvgIpc) is 2.94. The number of rotatable bonds is 6. The Balaban J connectivity index is 1.89. The summed E-state index contributed by atoms with van der Waals surface area (Å²) in [5.74, 6) is 1.06. The molecule has 0 fully saturated rings. The van der Waals surface area contributed by atoms with E-state index >= 15 is 0 Å². The van der Waals surface area contributed by atoms with Gasteiger partial charge >= 0.3 is 0 Å². The number of nitrogen functional groups attached to an aromatic ring is 1. The van der Waals surface area contributed by atoms with Crippen molar-refractivity contribution < 1.29 is 14.5 Å². The van der Waals surface area contributed by atoms with Crippen molar-refractivity contribution in [2.75, 3.05) is 17.7 Å². The van der Waals surface area contributed by atoms with Crippen molar-refractivity contribution in [1.29, 1.82) is 0 Å². The van der Waals surface area contributed by atoms with E-state index in [1.807, 2.05) is 6.92 Å². The molecule has 7 nitrogen and oxygen atoms in total. The summed E-state index contributed by atoms with van der Waals surface area (Å²) in [6.07, 6.45) is 0. The summed E-state index contributed by atoms with van der Waals surface area (Å²) in [4.78, 5) is 14.6. The molecule has 126 valence electrons. The molecule has 3 rings (SSSR count). The first kappa shape index (κ1) is 16.5.